The number of nitrogens with zero attached hydrogens (tertiary/aromatic N) is 3. The predicted octanol–water partition coefficient (Wildman–Crippen LogP) is 5.30. The van der Waals surface area contributed by atoms with Crippen LogP contribution in [0, 0.1) is 5.82 Å². The molecule has 2 aromatic carbocycles. The van der Waals surface area contributed by atoms with Gasteiger partial charge < -0.3 is 10.5 Å². The first kappa shape index (κ1) is 22.0. The molecule has 1 unspecified atom stereocenters. The van der Waals surface area contributed by atoms with E-state index >= 15 is 0 Å². The third kappa shape index (κ3) is 5.84. The zero-order valence-electron chi connectivity index (χ0n) is 15.1. The third-order valence-electron chi connectivity index (χ3n) is 4.05. The molecule has 0 bridgehead atoms. The summed E-state index contributed by atoms with van der Waals surface area (Å²) in [4.78, 5) is 14.5. The van der Waals surface area contributed by atoms with Crippen LogP contribution in [0.25, 0.3) is 21.6 Å². The molecule has 6 nitrogen and oxygen atoms in total. The van der Waals surface area contributed by atoms with Crippen molar-refractivity contribution in [2.24, 2.45) is 10.8 Å². The van der Waals surface area contributed by atoms with E-state index < -0.39 is 23.9 Å². The molecule has 2 aromatic rings. The highest BCUT2D eigenvalue weighted by Gasteiger charge is 2.22. The highest BCUT2D eigenvalue weighted by molar-refractivity contribution is 6.32. The fraction of sp³-hybridized carbons (Fsp3) is 0.316. The maximum atomic E-state index is 14.0. The van der Waals surface area contributed by atoms with Gasteiger partial charge in [0.1, 0.15) is 11.9 Å². The maximum Gasteiger partial charge on any atom is 0.314 e. The predicted molar refractivity (Wildman–Crippen MR) is 108 cm³/mol. The lowest BCUT2D eigenvalue weighted by Crippen LogP contribution is -2.32. The Bertz CT molecular complexity index is 903. The van der Waals surface area contributed by atoms with Crippen LogP contribution in [0.1, 0.15) is 18.9 Å². The standard InChI is InChI=1S/C19H19Cl2FN4O2/c1-2-28-19(27)18(25-26-24)10-14(23)7-12-4-3-11(8-16(12)21)15-9-13(20)5-6-17(15)22/h3-6,8-9,14,18H,2,7,10,23H2,1H3/t14?,18-/m1/s1. The summed E-state index contributed by atoms with van der Waals surface area (Å²) in [7, 11) is 0. The number of nitrogens with two attached hydrogens (primary N) is 1. The van der Waals surface area contributed by atoms with E-state index in [2.05, 4.69) is 10.0 Å². The second kappa shape index (κ2) is 10.3. The quantitative estimate of drug-likeness (QED) is 0.269. The Morgan fingerprint density at radius 3 is 2.71 bits per heavy atom. The van der Waals surface area contributed by atoms with Crippen LogP contribution in [0.15, 0.2) is 41.5 Å². The first-order valence-corrected chi connectivity index (χ1v) is 9.31. The topological polar surface area (TPSA) is 101 Å². The van der Waals surface area contributed by atoms with Crippen molar-refractivity contribution in [3.8, 4) is 11.1 Å². The Hall–Kier alpha value is -2.31. The highest BCUT2D eigenvalue weighted by atomic mass is 35.5. The average Bonchev–Trinajstić information content (AvgIpc) is 2.65. The van der Waals surface area contributed by atoms with E-state index in [1.54, 1.807) is 25.1 Å². The second-order valence-electron chi connectivity index (χ2n) is 6.10. The van der Waals surface area contributed by atoms with E-state index in [1.165, 1.54) is 18.2 Å². The molecule has 2 rings (SSSR count). The second-order valence-corrected chi connectivity index (χ2v) is 6.95. The number of azide groups is 1. The fourth-order valence-electron chi connectivity index (χ4n) is 2.74. The first-order valence-electron chi connectivity index (χ1n) is 8.56. The molecule has 2 atom stereocenters. The number of carbonyl (C=O) groups excluding carboxylic acids is 1. The number of benzene rings is 2. The maximum absolute atomic E-state index is 14.0. The van der Waals surface area contributed by atoms with Crippen molar-refractivity contribution in [1.29, 1.82) is 0 Å². The SMILES string of the molecule is CCOC(=O)[C@@H](CC(N)Cc1ccc(-c2cc(Cl)ccc2F)cc1Cl)N=[N+]=[N-]. The summed E-state index contributed by atoms with van der Waals surface area (Å²) in [6.07, 6.45) is 0.456. The van der Waals surface area contributed by atoms with Gasteiger partial charge in [0.2, 0.25) is 0 Å². The number of hydrogen-bond donors (Lipinski definition) is 1. The summed E-state index contributed by atoms with van der Waals surface area (Å²) >= 11 is 12.3. The summed E-state index contributed by atoms with van der Waals surface area (Å²) in [5.41, 5.74) is 16.4. The fourth-order valence-corrected chi connectivity index (χ4v) is 3.17. The minimum Gasteiger partial charge on any atom is -0.466 e. The lowest BCUT2D eigenvalue weighted by Gasteiger charge is -2.17. The van der Waals surface area contributed by atoms with Gasteiger partial charge in [0.15, 0.2) is 0 Å². The van der Waals surface area contributed by atoms with Gasteiger partial charge in [-0.3, -0.25) is 4.79 Å². The van der Waals surface area contributed by atoms with Gasteiger partial charge in [0, 0.05) is 26.6 Å². The summed E-state index contributed by atoms with van der Waals surface area (Å²) in [6.45, 7) is 1.84. The zero-order valence-corrected chi connectivity index (χ0v) is 16.6. The molecule has 0 radical (unpaired) electrons. The molecule has 0 saturated heterocycles. The summed E-state index contributed by atoms with van der Waals surface area (Å²) in [5.74, 6) is -1.02. The van der Waals surface area contributed by atoms with Gasteiger partial charge in [0.05, 0.1) is 6.61 Å². The Kier molecular flexibility index (Phi) is 8.08. The van der Waals surface area contributed by atoms with Crippen molar-refractivity contribution >= 4 is 29.2 Å². The van der Waals surface area contributed by atoms with Gasteiger partial charge in [-0.2, -0.15) is 0 Å². The average molecular weight is 425 g/mol. The molecular formula is C19H19Cl2FN4O2. The van der Waals surface area contributed by atoms with Crippen molar-refractivity contribution in [3.05, 3.63) is 68.3 Å². The molecule has 0 aromatic heterocycles. The molecule has 2 N–H and O–H groups in total. The normalized spacial score (nSPS) is 12.8. The molecule has 9 heteroatoms. The Labute approximate surface area is 172 Å². The van der Waals surface area contributed by atoms with Gasteiger partial charge in [-0.1, -0.05) is 40.4 Å². The number of hydrogen-bond acceptors (Lipinski definition) is 4. The number of rotatable bonds is 8. The van der Waals surface area contributed by atoms with Crippen LogP contribution in [-0.2, 0) is 16.0 Å². The van der Waals surface area contributed by atoms with E-state index in [4.69, 9.17) is 39.2 Å². The molecule has 0 spiro atoms. The molecule has 0 aliphatic heterocycles. The van der Waals surface area contributed by atoms with E-state index in [0.717, 1.165) is 5.56 Å². The van der Waals surface area contributed by atoms with Crippen molar-refractivity contribution in [2.45, 2.75) is 31.8 Å². The van der Waals surface area contributed by atoms with Crippen LogP contribution < -0.4 is 5.73 Å². The molecule has 28 heavy (non-hydrogen) atoms. The van der Waals surface area contributed by atoms with E-state index in [1.807, 2.05) is 0 Å². The minimum atomic E-state index is -1.00. The third-order valence-corrected chi connectivity index (χ3v) is 4.64. The molecular weight excluding hydrogens is 406 g/mol. The van der Waals surface area contributed by atoms with Gasteiger partial charge in [0.25, 0.3) is 0 Å². The lowest BCUT2D eigenvalue weighted by atomic mass is 9.97. The van der Waals surface area contributed by atoms with Gasteiger partial charge in [-0.05, 0) is 60.7 Å². The van der Waals surface area contributed by atoms with Crippen molar-refractivity contribution in [1.82, 2.24) is 0 Å². The van der Waals surface area contributed by atoms with E-state index in [-0.39, 0.29) is 13.0 Å². The summed E-state index contributed by atoms with van der Waals surface area (Å²) in [6, 6.07) is 7.89. The molecule has 0 aliphatic carbocycles. The van der Waals surface area contributed by atoms with Crippen LogP contribution in [0.2, 0.25) is 10.0 Å². The van der Waals surface area contributed by atoms with Crippen LogP contribution in [0.3, 0.4) is 0 Å². The first-order chi connectivity index (χ1) is 13.3. The van der Waals surface area contributed by atoms with E-state index in [0.29, 0.717) is 27.6 Å². The number of esters is 1. The number of halogens is 3. The van der Waals surface area contributed by atoms with Crippen LogP contribution in [0.5, 0.6) is 0 Å². The van der Waals surface area contributed by atoms with Crippen molar-refractivity contribution in [3.63, 3.8) is 0 Å². The highest BCUT2D eigenvalue weighted by Crippen LogP contribution is 2.30. The van der Waals surface area contributed by atoms with Crippen LogP contribution in [-0.4, -0.2) is 24.7 Å². The van der Waals surface area contributed by atoms with Crippen LogP contribution >= 0.6 is 23.2 Å². The Morgan fingerprint density at radius 2 is 2.07 bits per heavy atom. The lowest BCUT2D eigenvalue weighted by molar-refractivity contribution is -0.144. The van der Waals surface area contributed by atoms with Crippen molar-refractivity contribution in [2.75, 3.05) is 6.61 Å². The van der Waals surface area contributed by atoms with Gasteiger partial charge in [-0.15, -0.1) is 0 Å². The van der Waals surface area contributed by atoms with Crippen molar-refractivity contribution < 1.29 is 13.9 Å². The van der Waals surface area contributed by atoms with Crippen LogP contribution in [0.4, 0.5) is 4.39 Å². The summed E-state index contributed by atoms with van der Waals surface area (Å²) < 4.78 is 18.9. The largest absolute Gasteiger partial charge is 0.466 e. The number of ether oxygens (including phenoxy) is 1. The smallest absolute Gasteiger partial charge is 0.314 e. The minimum absolute atomic E-state index is 0.115. The van der Waals surface area contributed by atoms with Gasteiger partial charge >= 0.3 is 5.97 Å². The Balaban J connectivity index is 2.14. The molecule has 0 amide bonds. The molecule has 0 aliphatic rings. The Morgan fingerprint density at radius 1 is 1.32 bits per heavy atom. The molecule has 148 valence electrons. The van der Waals surface area contributed by atoms with E-state index in [9.17, 15) is 9.18 Å². The molecule has 0 saturated carbocycles. The molecule has 0 heterocycles. The zero-order chi connectivity index (χ0) is 20.7. The number of carbonyl (C=O) groups is 1. The monoisotopic (exact) mass is 424 g/mol. The molecule has 0 fully saturated rings. The van der Waals surface area contributed by atoms with Gasteiger partial charge in [-0.25, -0.2) is 4.39 Å². The summed E-state index contributed by atoms with van der Waals surface area (Å²) in [5, 5.41) is 4.28.